The fraction of sp³-hybridized carbons (Fsp3) is 0.214. The average molecular weight is 256 g/mol. The van der Waals surface area contributed by atoms with Gasteiger partial charge in [0.25, 0.3) is 0 Å². The maximum absolute atomic E-state index is 6.17. The average Bonchev–Trinajstić information content (AvgIpc) is 2.86. The molecule has 18 heavy (non-hydrogen) atoms. The first-order valence-electron chi connectivity index (χ1n) is 5.98. The molecule has 0 bridgehead atoms. The number of nitrogens with two attached hydrogens (primary N) is 1. The van der Waals surface area contributed by atoms with E-state index < -0.39 is 0 Å². The highest BCUT2D eigenvalue weighted by atomic mass is 32.1. The van der Waals surface area contributed by atoms with Gasteiger partial charge in [0, 0.05) is 16.3 Å². The lowest BCUT2D eigenvalue weighted by atomic mass is 10.1. The molecule has 2 N–H and O–H groups in total. The van der Waals surface area contributed by atoms with Crippen molar-refractivity contribution in [3.05, 3.63) is 40.9 Å². The van der Waals surface area contributed by atoms with Crippen LogP contribution in [0.2, 0.25) is 0 Å². The Bertz CT molecular complexity index is 724. The third kappa shape index (κ3) is 1.43. The second-order valence-corrected chi connectivity index (χ2v) is 5.70. The van der Waals surface area contributed by atoms with Crippen molar-refractivity contribution in [2.75, 3.05) is 0 Å². The van der Waals surface area contributed by atoms with Crippen molar-refractivity contribution >= 4 is 22.3 Å². The molecule has 2 heterocycles. The van der Waals surface area contributed by atoms with Gasteiger partial charge in [0.2, 0.25) is 0 Å². The van der Waals surface area contributed by atoms with Gasteiger partial charge in [0.1, 0.15) is 16.9 Å². The minimum atomic E-state index is -0.150. The predicted octanol–water partition coefficient (Wildman–Crippen LogP) is 3.50. The van der Waals surface area contributed by atoms with Gasteiger partial charge in [-0.1, -0.05) is 18.2 Å². The van der Waals surface area contributed by atoms with Crippen LogP contribution in [-0.4, -0.2) is 4.98 Å². The van der Waals surface area contributed by atoms with Crippen LogP contribution in [0, 0.1) is 0 Å². The first kappa shape index (κ1) is 10.3. The topological polar surface area (TPSA) is 52.0 Å². The molecule has 0 aliphatic heterocycles. The van der Waals surface area contributed by atoms with E-state index in [1.165, 1.54) is 0 Å². The van der Waals surface area contributed by atoms with E-state index in [9.17, 15) is 0 Å². The zero-order valence-electron chi connectivity index (χ0n) is 9.72. The summed E-state index contributed by atoms with van der Waals surface area (Å²) in [5.41, 5.74) is 8.94. The molecular weight excluding hydrogens is 244 g/mol. The van der Waals surface area contributed by atoms with Crippen LogP contribution in [0.25, 0.3) is 22.2 Å². The van der Waals surface area contributed by atoms with Crippen LogP contribution >= 0.6 is 11.3 Å². The van der Waals surface area contributed by atoms with E-state index in [-0.39, 0.29) is 5.54 Å². The minimum absolute atomic E-state index is 0.150. The van der Waals surface area contributed by atoms with Gasteiger partial charge in [0.15, 0.2) is 0 Å². The van der Waals surface area contributed by atoms with Crippen molar-refractivity contribution in [1.82, 2.24) is 4.98 Å². The van der Waals surface area contributed by atoms with Gasteiger partial charge >= 0.3 is 0 Å². The largest absolute Gasteiger partial charge is 0.464 e. The normalized spacial score (nSPS) is 17.2. The van der Waals surface area contributed by atoms with Crippen LogP contribution in [0.15, 0.2) is 40.3 Å². The van der Waals surface area contributed by atoms with Crippen molar-refractivity contribution in [1.29, 1.82) is 0 Å². The van der Waals surface area contributed by atoms with Crippen molar-refractivity contribution in [3.63, 3.8) is 0 Å². The third-order valence-electron chi connectivity index (χ3n) is 3.48. The van der Waals surface area contributed by atoms with Crippen LogP contribution in [0.5, 0.6) is 0 Å². The lowest BCUT2D eigenvalue weighted by molar-refractivity contribution is 0.616. The Kier molecular flexibility index (Phi) is 1.96. The van der Waals surface area contributed by atoms with Gasteiger partial charge in [-0.05, 0) is 18.9 Å². The van der Waals surface area contributed by atoms with Gasteiger partial charge in [0.05, 0.1) is 11.2 Å². The molecule has 2 aromatic heterocycles. The van der Waals surface area contributed by atoms with E-state index in [4.69, 9.17) is 10.2 Å². The van der Waals surface area contributed by atoms with Crippen molar-refractivity contribution in [2.24, 2.45) is 5.73 Å². The summed E-state index contributed by atoms with van der Waals surface area (Å²) in [4.78, 5) is 4.67. The van der Waals surface area contributed by atoms with Crippen LogP contribution in [0.1, 0.15) is 17.8 Å². The van der Waals surface area contributed by atoms with Crippen molar-refractivity contribution in [2.45, 2.75) is 18.4 Å². The second kappa shape index (κ2) is 3.43. The standard InChI is InChI=1S/C14H12N2OS/c15-14(5-6-14)13-16-11(8-18-13)10-7-17-12-4-2-1-3-9(10)12/h1-4,7-8H,5-6,15H2. The van der Waals surface area contributed by atoms with E-state index in [0.717, 1.165) is 40.1 Å². The Labute approximate surface area is 108 Å². The predicted molar refractivity (Wildman–Crippen MR) is 72.4 cm³/mol. The highest BCUT2D eigenvalue weighted by Crippen LogP contribution is 2.45. The van der Waals surface area contributed by atoms with Crippen molar-refractivity contribution in [3.8, 4) is 11.3 Å². The highest BCUT2D eigenvalue weighted by Gasteiger charge is 2.42. The molecule has 0 spiro atoms. The number of rotatable bonds is 2. The summed E-state index contributed by atoms with van der Waals surface area (Å²) in [6.07, 6.45) is 3.87. The van der Waals surface area contributed by atoms with E-state index >= 15 is 0 Å². The maximum atomic E-state index is 6.17. The van der Waals surface area contributed by atoms with Crippen LogP contribution in [-0.2, 0) is 5.54 Å². The molecule has 0 atom stereocenters. The Morgan fingerprint density at radius 1 is 1.28 bits per heavy atom. The molecule has 1 saturated carbocycles. The summed E-state index contributed by atoms with van der Waals surface area (Å²) in [6.45, 7) is 0. The number of para-hydroxylation sites is 1. The number of nitrogens with zero attached hydrogens (tertiary/aromatic N) is 1. The third-order valence-corrected chi connectivity index (χ3v) is 4.54. The zero-order valence-corrected chi connectivity index (χ0v) is 10.5. The van der Waals surface area contributed by atoms with Crippen LogP contribution < -0.4 is 5.73 Å². The lowest BCUT2D eigenvalue weighted by Gasteiger charge is -2.01. The summed E-state index contributed by atoms with van der Waals surface area (Å²) < 4.78 is 5.55. The smallest absolute Gasteiger partial charge is 0.134 e. The van der Waals surface area contributed by atoms with E-state index in [1.807, 2.05) is 18.2 Å². The van der Waals surface area contributed by atoms with E-state index in [1.54, 1.807) is 17.6 Å². The lowest BCUT2D eigenvalue weighted by Crippen LogP contribution is -2.18. The quantitative estimate of drug-likeness (QED) is 0.763. The molecule has 0 saturated heterocycles. The number of fused-ring (bicyclic) bond motifs is 1. The number of hydrogen-bond acceptors (Lipinski definition) is 4. The maximum Gasteiger partial charge on any atom is 0.134 e. The Balaban J connectivity index is 1.85. The fourth-order valence-electron chi connectivity index (χ4n) is 2.15. The molecule has 0 unspecified atom stereocenters. The molecule has 1 fully saturated rings. The van der Waals surface area contributed by atoms with Crippen molar-refractivity contribution < 1.29 is 4.42 Å². The van der Waals surface area contributed by atoms with Gasteiger partial charge in [-0.25, -0.2) is 4.98 Å². The summed E-state index contributed by atoms with van der Waals surface area (Å²) >= 11 is 1.65. The molecule has 1 aromatic carbocycles. The summed E-state index contributed by atoms with van der Waals surface area (Å²) in [5, 5.41) is 4.22. The molecule has 3 aromatic rings. The molecule has 0 radical (unpaired) electrons. The first-order chi connectivity index (χ1) is 8.76. The van der Waals surface area contributed by atoms with E-state index in [2.05, 4.69) is 16.4 Å². The number of aromatic nitrogens is 1. The number of thiazole rings is 1. The molecule has 4 rings (SSSR count). The molecule has 4 heteroatoms. The molecule has 1 aliphatic rings. The second-order valence-electron chi connectivity index (χ2n) is 4.84. The Morgan fingerprint density at radius 3 is 2.94 bits per heavy atom. The fourth-order valence-corrected chi connectivity index (χ4v) is 3.14. The Morgan fingerprint density at radius 2 is 2.11 bits per heavy atom. The summed E-state index contributed by atoms with van der Waals surface area (Å²) in [5.74, 6) is 0. The summed E-state index contributed by atoms with van der Waals surface area (Å²) in [6, 6.07) is 8.01. The van der Waals surface area contributed by atoms with Gasteiger partial charge in [-0.15, -0.1) is 11.3 Å². The first-order valence-corrected chi connectivity index (χ1v) is 6.86. The van der Waals surface area contributed by atoms with Gasteiger partial charge < -0.3 is 10.2 Å². The molecule has 0 amide bonds. The molecule has 3 nitrogen and oxygen atoms in total. The van der Waals surface area contributed by atoms with E-state index in [0.29, 0.717) is 0 Å². The number of hydrogen-bond donors (Lipinski definition) is 1. The van der Waals surface area contributed by atoms with Crippen LogP contribution in [0.4, 0.5) is 0 Å². The minimum Gasteiger partial charge on any atom is -0.464 e. The number of benzene rings is 1. The highest BCUT2D eigenvalue weighted by molar-refractivity contribution is 7.10. The SMILES string of the molecule is NC1(c2nc(-c3coc4ccccc34)cs2)CC1. The molecule has 1 aliphatic carbocycles. The molecule has 90 valence electrons. The van der Waals surface area contributed by atoms with Gasteiger partial charge in [-0.2, -0.15) is 0 Å². The summed E-state index contributed by atoms with van der Waals surface area (Å²) in [7, 11) is 0. The zero-order chi connectivity index (χ0) is 12.2. The molecular formula is C14H12N2OS. The monoisotopic (exact) mass is 256 g/mol. The Hall–Kier alpha value is -1.65. The number of furan rings is 1. The van der Waals surface area contributed by atoms with Crippen LogP contribution in [0.3, 0.4) is 0 Å². The van der Waals surface area contributed by atoms with Gasteiger partial charge in [-0.3, -0.25) is 0 Å².